The van der Waals surface area contributed by atoms with Gasteiger partial charge in [0.05, 0.1) is 22.1 Å². The first kappa shape index (κ1) is 20.3. The van der Waals surface area contributed by atoms with E-state index in [0.717, 1.165) is 5.56 Å². The Morgan fingerprint density at radius 1 is 1.04 bits per heavy atom. The first-order valence-electron chi connectivity index (χ1n) is 8.75. The Kier molecular flexibility index (Phi) is 5.49. The summed E-state index contributed by atoms with van der Waals surface area (Å²) >= 11 is 0. The molecule has 0 bridgehead atoms. The molecule has 0 aromatic heterocycles. The van der Waals surface area contributed by atoms with Gasteiger partial charge in [-0.2, -0.15) is 0 Å². The van der Waals surface area contributed by atoms with E-state index in [1.54, 1.807) is 12.1 Å². The van der Waals surface area contributed by atoms with Gasteiger partial charge >= 0.3 is 0 Å². The summed E-state index contributed by atoms with van der Waals surface area (Å²) in [5, 5.41) is 0. The average Bonchev–Trinajstić information content (AvgIpc) is 2.67. The number of nitrogens with zero attached hydrogens (tertiary/aromatic N) is 2. The van der Waals surface area contributed by atoms with Crippen molar-refractivity contribution in [3.05, 3.63) is 59.7 Å². The Labute approximate surface area is 165 Å². The van der Waals surface area contributed by atoms with Crippen molar-refractivity contribution in [2.45, 2.75) is 11.8 Å². The molecular weight excluding hydrogens is 400 g/mol. The van der Waals surface area contributed by atoms with Gasteiger partial charge in [0.2, 0.25) is 0 Å². The SMILES string of the molecule is Cc1ccc(N(C)S(=O)(=O)c2cccc(C(=O)N3CCS(=O)(=O)CC3)c2)cc1. The van der Waals surface area contributed by atoms with Crippen molar-refractivity contribution in [1.82, 2.24) is 4.90 Å². The fourth-order valence-electron chi connectivity index (χ4n) is 2.94. The minimum Gasteiger partial charge on any atom is -0.337 e. The number of hydrogen-bond acceptors (Lipinski definition) is 5. The van der Waals surface area contributed by atoms with Crippen LogP contribution in [0.15, 0.2) is 53.4 Å². The maximum Gasteiger partial charge on any atom is 0.264 e. The molecule has 3 rings (SSSR count). The van der Waals surface area contributed by atoms with Crippen LogP contribution in [0, 0.1) is 6.92 Å². The van der Waals surface area contributed by atoms with Crippen molar-refractivity contribution < 1.29 is 21.6 Å². The molecule has 2 aromatic carbocycles. The van der Waals surface area contributed by atoms with Crippen LogP contribution in [-0.4, -0.2) is 59.3 Å². The highest BCUT2D eigenvalue weighted by Crippen LogP contribution is 2.23. The molecular formula is C19H22N2O5S2. The van der Waals surface area contributed by atoms with Crippen LogP contribution in [0.1, 0.15) is 15.9 Å². The minimum absolute atomic E-state index is 0.00561. The molecule has 1 amide bonds. The molecule has 7 nitrogen and oxygen atoms in total. The van der Waals surface area contributed by atoms with E-state index in [-0.39, 0.29) is 41.0 Å². The molecule has 9 heteroatoms. The van der Waals surface area contributed by atoms with E-state index in [9.17, 15) is 21.6 Å². The molecule has 0 saturated carbocycles. The molecule has 0 radical (unpaired) electrons. The minimum atomic E-state index is -3.84. The number of sulfonamides is 1. The molecule has 1 fully saturated rings. The van der Waals surface area contributed by atoms with Gasteiger partial charge in [0.15, 0.2) is 9.84 Å². The van der Waals surface area contributed by atoms with Gasteiger partial charge in [-0.15, -0.1) is 0 Å². The maximum absolute atomic E-state index is 13.0. The maximum atomic E-state index is 13.0. The van der Waals surface area contributed by atoms with Gasteiger partial charge in [0.1, 0.15) is 0 Å². The number of rotatable bonds is 4. The van der Waals surface area contributed by atoms with E-state index in [2.05, 4.69) is 0 Å². The van der Waals surface area contributed by atoms with Crippen LogP contribution in [0.4, 0.5) is 5.69 Å². The standard InChI is InChI=1S/C19H22N2O5S2/c1-15-6-8-17(9-7-15)20(2)28(25,26)18-5-3-4-16(14-18)19(22)21-10-12-27(23,24)13-11-21/h3-9,14H,10-13H2,1-2H3. The van der Waals surface area contributed by atoms with Crippen molar-refractivity contribution in [1.29, 1.82) is 0 Å². The fraction of sp³-hybridized carbons (Fsp3) is 0.316. The number of aryl methyl sites for hydroxylation is 1. The van der Waals surface area contributed by atoms with Crippen molar-refractivity contribution in [3.63, 3.8) is 0 Å². The quantitative estimate of drug-likeness (QED) is 0.748. The lowest BCUT2D eigenvalue weighted by Gasteiger charge is -2.27. The Hall–Kier alpha value is -2.39. The second-order valence-corrected chi connectivity index (χ2v) is 11.1. The number of anilines is 1. The number of hydrogen-bond donors (Lipinski definition) is 0. The molecule has 1 saturated heterocycles. The average molecular weight is 423 g/mol. The molecule has 0 N–H and O–H groups in total. The third kappa shape index (κ3) is 4.20. The monoisotopic (exact) mass is 422 g/mol. The number of carbonyl (C=O) groups excluding carboxylic acids is 1. The van der Waals surface area contributed by atoms with E-state index >= 15 is 0 Å². The molecule has 2 aromatic rings. The molecule has 1 aliphatic rings. The summed E-state index contributed by atoms with van der Waals surface area (Å²) in [6.45, 7) is 2.14. The second kappa shape index (κ2) is 7.56. The lowest BCUT2D eigenvalue weighted by Crippen LogP contribution is -2.43. The summed E-state index contributed by atoms with van der Waals surface area (Å²) in [5.41, 5.74) is 1.76. The summed E-state index contributed by atoms with van der Waals surface area (Å²) in [7, 11) is -5.49. The van der Waals surface area contributed by atoms with Gasteiger partial charge in [0.25, 0.3) is 15.9 Å². The van der Waals surface area contributed by atoms with E-state index in [1.807, 2.05) is 19.1 Å². The highest BCUT2D eigenvalue weighted by molar-refractivity contribution is 7.92. The van der Waals surface area contributed by atoms with Crippen LogP contribution < -0.4 is 4.31 Å². The smallest absolute Gasteiger partial charge is 0.264 e. The van der Waals surface area contributed by atoms with Crippen LogP contribution in [-0.2, 0) is 19.9 Å². The van der Waals surface area contributed by atoms with Crippen molar-refractivity contribution in [2.24, 2.45) is 0 Å². The molecule has 0 unspecified atom stereocenters. The van der Waals surface area contributed by atoms with Crippen LogP contribution in [0.25, 0.3) is 0 Å². The first-order chi connectivity index (χ1) is 13.1. The molecule has 1 aliphatic heterocycles. The number of benzene rings is 2. The topological polar surface area (TPSA) is 91.8 Å². The van der Waals surface area contributed by atoms with Gasteiger partial charge in [0, 0.05) is 25.7 Å². The lowest BCUT2D eigenvalue weighted by atomic mass is 10.2. The number of amides is 1. The summed E-state index contributed by atoms with van der Waals surface area (Å²) in [6, 6.07) is 12.9. The molecule has 0 atom stereocenters. The first-order valence-corrected chi connectivity index (χ1v) is 12.0. The van der Waals surface area contributed by atoms with Crippen LogP contribution in [0.3, 0.4) is 0 Å². The largest absolute Gasteiger partial charge is 0.337 e. The van der Waals surface area contributed by atoms with Gasteiger partial charge in [-0.05, 0) is 37.3 Å². The van der Waals surface area contributed by atoms with Crippen molar-refractivity contribution in [2.75, 3.05) is 35.9 Å². The number of carbonyl (C=O) groups is 1. The molecule has 28 heavy (non-hydrogen) atoms. The summed E-state index contributed by atoms with van der Waals surface area (Å²) in [4.78, 5) is 14.1. The Balaban J connectivity index is 1.86. The Morgan fingerprint density at radius 3 is 2.25 bits per heavy atom. The van der Waals surface area contributed by atoms with E-state index in [4.69, 9.17) is 0 Å². The molecule has 0 spiro atoms. The van der Waals surface area contributed by atoms with Crippen LogP contribution in [0.5, 0.6) is 0 Å². The van der Waals surface area contributed by atoms with E-state index < -0.39 is 19.9 Å². The third-order valence-electron chi connectivity index (χ3n) is 4.77. The predicted octanol–water partition coefficient (Wildman–Crippen LogP) is 1.69. The van der Waals surface area contributed by atoms with E-state index in [1.165, 1.54) is 40.5 Å². The third-order valence-corrected chi connectivity index (χ3v) is 8.16. The normalized spacial score (nSPS) is 16.6. The summed E-state index contributed by atoms with van der Waals surface area (Å²) < 4.78 is 50.2. The van der Waals surface area contributed by atoms with Crippen molar-refractivity contribution in [3.8, 4) is 0 Å². The summed E-state index contributed by atoms with van der Waals surface area (Å²) in [6.07, 6.45) is 0. The zero-order chi connectivity index (χ0) is 20.5. The predicted molar refractivity (Wildman–Crippen MR) is 108 cm³/mol. The van der Waals surface area contributed by atoms with Gasteiger partial charge in [-0.1, -0.05) is 23.8 Å². The lowest BCUT2D eigenvalue weighted by molar-refractivity contribution is 0.0770. The van der Waals surface area contributed by atoms with Crippen LogP contribution >= 0.6 is 0 Å². The number of sulfone groups is 1. The van der Waals surface area contributed by atoms with E-state index in [0.29, 0.717) is 5.69 Å². The Bertz CT molecular complexity index is 1080. The van der Waals surface area contributed by atoms with Crippen LogP contribution in [0.2, 0.25) is 0 Å². The molecule has 1 heterocycles. The second-order valence-electron chi connectivity index (χ2n) is 6.78. The van der Waals surface area contributed by atoms with Gasteiger partial charge < -0.3 is 4.90 Å². The zero-order valence-electron chi connectivity index (χ0n) is 15.7. The van der Waals surface area contributed by atoms with Gasteiger partial charge in [-0.25, -0.2) is 16.8 Å². The highest BCUT2D eigenvalue weighted by atomic mass is 32.2. The van der Waals surface area contributed by atoms with Crippen molar-refractivity contribution >= 4 is 31.5 Å². The Morgan fingerprint density at radius 2 is 1.64 bits per heavy atom. The molecule has 150 valence electrons. The van der Waals surface area contributed by atoms with Gasteiger partial charge in [-0.3, -0.25) is 9.10 Å². The highest BCUT2D eigenvalue weighted by Gasteiger charge is 2.27. The zero-order valence-corrected chi connectivity index (χ0v) is 17.3. The fourth-order valence-corrected chi connectivity index (χ4v) is 5.38. The molecule has 0 aliphatic carbocycles. The summed E-state index contributed by atoms with van der Waals surface area (Å²) in [5.74, 6) is -0.523.